The molecule has 1 N–H and O–H groups in total. The van der Waals surface area contributed by atoms with E-state index in [-0.39, 0.29) is 0 Å². The van der Waals surface area contributed by atoms with Crippen LogP contribution < -0.4 is 10.1 Å². The smallest absolute Gasteiger partial charge is 0.119 e. The van der Waals surface area contributed by atoms with Crippen molar-refractivity contribution in [3.8, 4) is 5.75 Å². The Balaban J connectivity index is 2.11. The first-order valence-corrected chi connectivity index (χ1v) is 8.28. The number of nitrogens with one attached hydrogen (secondary N) is 1. The van der Waals surface area contributed by atoms with E-state index in [9.17, 15) is 0 Å². The Morgan fingerprint density at radius 1 is 1.38 bits per heavy atom. The van der Waals surface area contributed by atoms with Crippen LogP contribution in [-0.2, 0) is 6.54 Å². The van der Waals surface area contributed by atoms with Crippen molar-refractivity contribution in [3.05, 3.63) is 29.8 Å². The van der Waals surface area contributed by atoms with Crippen LogP contribution in [-0.4, -0.2) is 37.2 Å². The molecule has 0 amide bonds. The lowest BCUT2D eigenvalue weighted by atomic mass is 9.93. The van der Waals surface area contributed by atoms with Gasteiger partial charge in [0.2, 0.25) is 0 Å². The van der Waals surface area contributed by atoms with Gasteiger partial charge in [-0.15, -0.1) is 0 Å². The van der Waals surface area contributed by atoms with Crippen LogP contribution in [0.3, 0.4) is 0 Å². The highest BCUT2D eigenvalue weighted by molar-refractivity contribution is 5.28. The summed E-state index contributed by atoms with van der Waals surface area (Å²) in [6.45, 7) is 10.2. The summed E-state index contributed by atoms with van der Waals surface area (Å²) in [5.41, 5.74) is 1.35. The fraction of sp³-hybridized carbons (Fsp3) is 0.667. The zero-order chi connectivity index (χ0) is 15.2. The van der Waals surface area contributed by atoms with E-state index in [0.29, 0.717) is 12.1 Å². The number of rotatable bonds is 6. The van der Waals surface area contributed by atoms with Crippen LogP contribution in [0.25, 0.3) is 0 Å². The molecule has 1 aromatic rings. The average Bonchev–Trinajstić information content (AvgIpc) is 2.54. The van der Waals surface area contributed by atoms with Crippen LogP contribution in [0.5, 0.6) is 5.75 Å². The Labute approximate surface area is 129 Å². The summed E-state index contributed by atoms with van der Waals surface area (Å²) in [6, 6.07) is 9.73. The van der Waals surface area contributed by atoms with Crippen molar-refractivity contribution in [1.82, 2.24) is 10.2 Å². The molecule has 0 bridgehead atoms. The van der Waals surface area contributed by atoms with Gasteiger partial charge in [-0.05, 0) is 30.0 Å². The minimum Gasteiger partial charge on any atom is -0.497 e. The Morgan fingerprint density at radius 2 is 2.19 bits per heavy atom. The molecule has 1 aliphatic heterocycles. The molecule has 0 spiro atoms. The molecule has 1 saturated heterocycles. The molecular formula is C18H30N2O. The number of hydrogen-bond acceptors (Lipinski definition) is 3. The number of benzene rings is 1. The predicted molar refractivity (Wildman–Crippen MR) is 88.7 cm³/mol. The van der Waals surface area contributed by atoms with E-state index in [0.717, 1.165) is 31.3 Å². The van der Waals surface area contributed by atoms with Gasteiger partial charge in [-0.2, -0.15) is 0 Å². The van der Waals surface area contributed by atoms with Gasteiger partial charge in [0.05, 0.1) is 7.11 Å². The number of methoxy groups -OCH3 is 1. The lowest BCUT2D eigenvalue weighted by Gasteiger charge is -2.43. The number of hydrogen-bond donors (Lipinski definition) is 1. The normalized spacial score (nSPS) is 24.8. The molecule has 1 aromatic carbocycles. The van der Waals surface area contributed by atoms with Crippen molar-refractivity contribution in [1.29, 1.82) is 0 Å². The summed E-state index contributed by atoms with van der Waals surface area (Å²) in [4.78, 5) is 2.66. The summed E-state index contributed by atoms with van der Waals surface area (Å²) < 4.78 is 5.35. The molecule has 0 aromatic heterocycles. The minimum absolute atomic E-state index is 0.621. The Bertz CT molecular complexity index is 435. The predicted octanol–water partition coefficient (Wildman–Crippen LogP) is 3.29. The van der Waals surface area contributed by atoms with Crippen molar-refractivity contribution in [2.24, 2.45) is 5.92 Å². The zero-order valence-corrected chi connectivity index (χ0v) is 13.9. The standard InChI is InChI=1S/C18H30N2O/c1-5-14(3)18-11-19-16(6-2)13-20(18)12-15-8-7-9-17(10-15)21-4/h7-10,14,16,18-19H,5-6,11-13H2,1-4H3. The lowest BCUT2D eigenvalue weighted by molar-refractivity contribution is 0.0832. The molecule has 1 heterocycles. The molecule has 1 aliphatic rings. The largest absolute Gasteiger partial charge is 0.497 e. The zero-order valence-electron chi connectivity index (χ0n) is 13.9. The fourth-order valence-corrected chi connectivity index (χ4v) is 3.19. The summed E-state index contributed by atoms with van der Waals surface area (Å²) in [5.74, 6) is 1.68. The summed E-state index contributed by atoms with van der Waals surface area (Å²) in [7, 11) is 1.74. The van der Waals surface area contributed by atoms with E-state index < -0.39 is 0 Å². The first kappa shape index (κ1) is 16.3. The van der Waals surface area contributed by atoms with Gasteiger partial charge in [-0.25, -0.2) is 0 Å². The maximum atomic E-state index is 5.35. The maximum Gasteiger partial charge on any atom is 0.119 e. The van der Waals surface area contributed by atoms with Crippen LogP contribution in [0.1, 0.15) is 39.2 Å². The van der Waals surface area contributed by atoms with Crippen molar-refractivity contribution in [3.63, 3.8) is 0 Å². The molecule has 0 saturated carbocycles. The van der Waals surface area contributed by atoms with Gasteiger partial charge >= 0.3 is 0 Å². The van der Waals surface area contributed by atoms with Crippen molar-refractivity contribution in [2.75, 3.05) is 20.2 Å². The topological polar surface area (TPSA) is 24.5 Å². The molecule has 3 nitrogen and oxygen atoms in total. The van der Waals surface area contributed by atoms with E-state index in [1.165, 1.54) is 18.4 Å². The van der Waals surface area contributed by atoms with E-state index in [1.54, 1.807) is 7.11 Å². The quantitative estimate of drug-likeness (QED) is 0.870. The molecule has 0 aliphatic carbocycles. The van der Waals surface area contributed by atoms with Crippen LogP contribution in [0, 0.1) is 5.92 Å². The molecule has 0 radical (unpaired) electrons. The van der Waals surface area contributed by atoms with E-state index in [4.69, 9.17) is 4.74 Å². The molecule has 21 heavy (non-hydrogen) atoms. The number of nitrogens with zero attached hydrogens (tertiary/aromatic N) is 1. The molecular weight excluding hydrogens is 260 g/mol. The molecule has 2 rings (SSSR count). The average molecular weight is 290 g/mol. The third-order valence-electron chi connectivity index (χ3n) is 4.85. The SMILES string of the molecule is CCC1CN(Cc2cccc(OC)c2)C(C(C)CC)CN1. The highest BCUT2D eigenvalue weighted by Gasteiger charge is 2.30. The third kappa shape index (κ3) is 4.21. The monoisotopic (exact) mass is 290 g/mol. The van der Waals surface area contributed by atoms with Gasteiger partial charge in [0.1, 0.15) is 5.75 Å². The van der Waals surface area contributed by atoms with E-state index in [1.807, 2.05) is 6.07 Å². The van der Waals surface area contributed by atoms with Crippen molar-refractivity contribution in [2.45, 2.75) is 52.2 Å². The van der Waals surface area contributed by atoms with Crippen LogP contribution in [0.4, 0.5) is 0 Å². The van der Waals surface area contributed by atoms with Crippen molar-refractivity contribution < 1.29 is 4.74 Å². The molecule has 3 unspecified atom stereocenters. The second kappa shape index (κ2) is 7.81. The Morgan fingerprint density at radius 3 is 2.86 bits per heavy atom. The minimum atomic E-state index is 0.621. The highest BCUT2D eigenvalue weighted by Crippen LogP contribution is 2.22. The molecule has 118 valence electrons. The summed E-state index contributed by atoms with van der Waals surface area (Å²) in [5, 5.41) is 3.71. The van der Waals surface area contributed by atoms with Gasteiger partial charge in [0.25, 0.3) is 0 Å². The van der Waals surface area contributed by atoms with Gasteiger partial charge in [0.15, 0.2) is 0 Å². The maximum absolute atomic E-state index is 5.35. The number of ether oxygens (including phenoxy) is 1. The Hall–Kier alpha value is -1.06. The highest BCUT2D eigenvalue weighted by atomic mass is 16.5. The van der Waals surface area contributed by atoms with Crippen LogP contribution in [0.2, 0.25) is 0 Å². The lowest BCUT2D eigenvalue weighted by Crippen LogP contribution is -2.57. The molecule has 3 atom stereocenters. The Kier molecular flexibility index (Phi) is 6.07. The first-order valence-electron chi connectivity index (χ1n) is 8.28. The van der Waals surface area contributed by atoms with Crippen molar-refractivity contribution >= 4 is 0 Å². The summed E-state index contributed by atoms with van der Waals surface area (Å²) in [6.07, 6.45) is 2.43. The van der Waals surface area contributed by atoms with Gasteiger partial charge < -0.3 is 10.1 Å². The van der Waals surface area contributed by atoms with Crippen LogP contribution >= 0.6 is 0 Å². The second-order valence-electron chi connectivity index (χ2n) is 6.25. The van der Waals surface area contributed by atoms with Gasteiger partial charge in [-0.3, -0.25) is 4.90 Å². The van der Waals surface area contributed by atoms with Gasteiger partial charge in [0, 0.05) is 31.7 Å². The fourth-order valence-electron chi connectivity index (χ4n) is 3.19. The molecule has 3 heteroatoms. The molecule has 1 fully saturated rings. The van der Waals surface area contributed by atoms with E-state index in [2.05, 4.69) is 49.2 Å². The van der Waals surface area contributed by atoms with Crippen LogP contribution in [0.15, 0.2) is 24.3 Å². The number of piperazine rings is 1. The summed E-state index contributed by atoms with van der Waals surface area (Å²) >= 11 is 0. The second-order valence-corrected chi connectivity index (χ2v) is 6.25. The van der Waals surface area contributed by atoms with Gasteiger partial charge in [-0.1, -0.05) is 39.3 Å². The first-order chi connectivity index (χ1) is 10.2. The third-order valence-corrected chi connectivity index (χ3v) is 4.85. The van der Waals surface area contributed by atoms with E-state index >= 15 is 0 Å².